The third kappa shape index (κ3) is 3.12. The predicted octanol–water partition coefficient (Wildman–Crippen LogP) is 2.69. The molecule has 0 radical (unpaired) electrons. The first-order chi connectivity index (χ1) is 12.6. The standard InChI is InChI=1S/C21H32O5/c1-21(20(22)26-10-9-25-8-7-24-6-5-23-2)13-16-12-17(21)19-15-4-3-14(11-15)18(16)19/h3-4,14-19H,5-13H2,1-2H3. The van der Waals surface area contributed by atoms with Crippen LogP contribution in [-0.2, 0) is 23.7 Å². The lowest BCUT2D eigenvalue weighted by Crippen LogP contribution is -2.43. The molecule has 4 aliphatic rings. The Morgan fingerprint density at radius 2 is 1.62 bits per heavy atom. The molecule has 3 saturated carbocycles. The number of carbonyl (C=O) groups excluding carboxylic acids is 1. The minimum Gasteiger partial charge on any atom is -0.463 e. The first kappa shape index (κ1) is 18.5. The summed E-state index contributed by atoms with van der Waals surface area (Å²) in [5.74, 6) is 4.31. The van der Waals surface area contributed by atoms with E-state index in [-0.39, 0.29) is 11.4 Å². The summed E-state index contributed by atoms with van der Waals surface area (Å²) in [4.78, 5) is 12.8. The fourth-order valence-corrected chi connectivity index (χ4v) is 6.43. The Hall–Kier alpha value is -0.910. The van der Waals surface area contributed by atoms with Crippen LogP contribution in [0.25, 0.3) is 0 Å². The van der Waals surface area contributed by atoms with Gasteiger partial charge in [0.25, 0.3) is 0 Å². The molecule has 0 amide bonds. The largest absolute Gasteiger partial charge is 0.463 e. The zero-order chi connectivity index (χ0) is 18.1. The second-order valence-corrected chi connectivity index (χ2v) is 8.68. The van der Waals surface area contributed by atoms with Crippen LogP contribution in [0.4, 0.5) is 0 Å². The first-order valence-electron chi connectivity index (χ1n) is 10.1. The highest BCUT2D eigenvalue weighted by Gasteiger charge is 2.66. The molecule has 7 atom stereocenters. The first-order valence-corrected chi connectivity index (χ1v) is 10.1. The molecule has 0 saturated heterocycles. The van der Waals surface area contributed by atoms with Crippen molar-refractivity contribution in [2.75, 3.05) is 46.8 Å². The molecule has 0 spiro atoms. The highest BCUT2D eigenvalue weighted by Crippen LogP contribution is 2.70. The molecule has 146 valence electrons. The molecule has 0 aromatic rings. The minimum atomic E-state index is -0.284. The number of hydrogen-bond acceptors (Lipinski definition) is 5. The molecule has 4 rings (SSSR count). The van der Waals surface area contributed by atoms with E-state index in [1.807, 2.05) is 0 Å². The number of carbonyl (C=O) groups is 1. The van der Waals surface area contributed by atoms with Crippen LogP contribution in [0.3, 0.4) is 0 Å². The van der Waals surface area contributed by atoms with Gasteiger partial charge in [0, 0.05) is 7.11 Å². The van der Waals surface area contributed by atoms with Crippen molar-refractivity contribution in [1.82, 2.24) is 0 Å². The van der Waals surface area contributed by atoms with Gasteiger partial charge < -0.3 is 18.9 Å². The highest BCUT2D eigenvalue weighted by atomic mass is 16.6. The maximum atomic E-state index is 12.8. The number of ether oxygens (including phenoxy) is 4. The Bertz CT molecular complexity index is 547. The second-order valence-electron chi connectivity index (χ2n) is 8.68. The van der Waals surface area contributed by atoms with Gasteiger partial charge in [-0.05, 0) is 61.7 Å². The molecular weight excluding hydrogens is 332 g/mol. The summed E-state index contributed by atoms with van der Waals surface area (Å²) in [6, 6.07) is 0. The number of allylic oxidation sites excluding steroid dienone is 2. The third-order valence-corrected chi connectivity index (χ3v) is 7.38. The maximum absolute atomic E-state index is 12.8. The fourth-order valence-electron chi connectivity index (χ4n) is 6.43. The van der Waals surface area contributed by atoms with Gasteiger partial charge in [-0.15, -0.1) is 0 Å². The van der Waals surface area contributed by atoms with E-state index in [2.05, 4.69) is 19.1 Å². The maximum Gasteiger partial charge on any atom is 0.312 e. The molecule has 0 aliphatic heterocycles. The number of fused-ring (bicyclic) bond motifs is 9. The van der Waals surface area contributed by atoms with Crippen LogP contribution in [-0.4, -0.2) is 52.7 Å². The van der Waals surface area contributed by atoms with Crippen LogP contribution in [0.15, 0.2) is 12.2 Å². The van der Waals surface area contributed by atoms with E-state index in [4.69, 9.17) is 18.9 Å². The van der Waals surface area contributed by atoms with Crippen molar-refractivity contribution in [2.24, 2.45) is 40.9 Å². The van der Waals surface area contributed by atoms with Crippen LogP contribution in [0, 0.1) is 40.9 Å². The average molecular weight is 364 g/mol. The van der Waals surface area contributed by atoms with Crippen LogP contribution >= 0.6 is 0 Å². The second kappa shape index (κ2) is 7.61. The van der Waals surface area contributed by atoms with Gasteiger partial charge in [0.1, 0.15) is 6.61 Å². The van der Waals surface area contributed by atoms with Crippen LogP contribution in [0.5, 0.6) is 0 Å². The van der Waals surface area contributed by atoms with Crippen molar-refractivity contribution in [1.29, 1.82) is 0 Å². The van der Waals surface area contributed by atoms with E-state index in [1.54, 1.807) is 7.11 Å². The van der Waals surface area contributed by atoms with Crippen molar-refractivity contribution in [3.05, 3.63) is 12.2 Å². The van der Waals surface area contributed by atoms with Gasteiger partial charge in [0.2, 0.25) is 0 Å². The smallest absolute Gasteiger partial charge is 0.312 e. The van der Waals surface area contributed by atoms with E-state index in [0.29, 0.717) is 51.5 Å². The summed E-state index contributed by atoms with van der Waals surface area (Å²) in [6.45, 7) is 5.15. The van der Waals surface area contributed by atoms with Gasteiger partial charge in [-0.1, -0.05) is 12.2 Å². The molecule has 5 heteroatoms. The summed E-state index contributed by atoms with van der Waals surface area (Å²) in [5.41, 5.74) is -0.284. The molecule has 4 bridgehead atoms. The summed E-state index contributed by atoms with van der Waals surface area (Å²) in [7, 11) is 1.65. The van der Waals surface area contributed by atoms with Gasteiger partial charge in [0.05, 0.1) is 38.4 Å². The molecule has 3 fully saturated rings. The van der Waals surface area contributed by atoms with Gasteiger partial charge in [-0.2, -0.15) is 0 Å². The van der Waals surface area contributed by atoms with Gasteiger partial charge >= 0.3 is 5.97 Å². The molecule has 0 aromatic carbocycles. The lowest BCUT2D eigenvalue weighted by atomic mass is 9.63. The Kier molecular flexibility index (Phi) is 5.40. The van der Waals surface area contributed by atoms with E-state index in [0.717, 1.165) is 30.1 Å². The number of methoxy groups -OCH3 is 1. The van der Waals surface area contributed by atoms with E-state index in [1.165, 1.54) is 12.8 Å². The van der Waals surface area contributed by atoms with Crippen LogP contribution < -0.4 is 0 Å². The van der Waals surface area contributed by atoms with Crippen molar-refractivity contribution in [3.8, 4) is 0 Å². The molecule has 26 heavy (non-hydrogen) atoms. The minimum absolute atomic E-state index is 0.00449. The number of rotatable bonds is 10. The normalized spacial score (nSPS) is 41.8. The third-order valence-electron chi connectivity index (χ3n) is 7.38. The Balaban J connectivity index is 1.18. The quantitative estimate of drug-likeness (QED) is 0.258. The van der Waals surface area contributed by atoms with E-state index >= 15 is 0 Å². The van der Waals surface area contributed by atoms with Crippen LogP contribution in [0.2, 0.25) is 0 Å². The van der Waals surface area contributed by atoms with Crippen molar-refractivity contribution in [2.45, 2.75) is 26.2 Å². The Morgan fingerprint density at radius 3 is 2.35 bits per heavy atom. The number of esters is 1. The number of hydrogen-bond donors (Lipinski definition) is 0. The van der Waals surface area contributed by atoms with Crippen molar-refractivity contribution >= 4 is 5.97 Å². The lowest BCUT2D eigenvalue weighted by molar-refractivity contribution is -0.162. The summed E-state index contributed by atoms with van der Waals surface area (Å²) < 4.78 is 21.3. The van der Waals surface area contributed by atoms with Crippen LogP contribution in [0.1, 0.15) is 26.2 Å². The van der Waals surface area contributed by atoms with Crippen molar-refractivity contribution in [3.63, 3.8) is 0 Å². The monoisotopic (exact) mass is 364 g/mol. The van der Waals surface area contributed by atoms with E-state index < -0.39 is 0 Å². The zero-order valence-corrected chi connectivity index (χ0v) is 16.0. The fraction of sp³-hybridized carbons (Fsp3) is 0.857. The van der Waals surface area contributed by atoms with Gasteiger partial charge in [-0.3, -0.25) is 4.79 Å². The Labute approximate surface area is 156 Å². The van der Waals surface area contributed by atoms with E-state index in [9.17, 15) is 4.79 Å². The molecule has 7 unspecified atom stereocenters. The summed E-state index contributed by atoms with van der Waals surface area (Å²) in [5, 5.41) is 0. The van der Waals surface area contributed by atoms with Gasteiger partial charge in [0.15, 0.2) is 0 Å². The molecule has 4 aliphatic carbocycles. The predicted molar refractivity (Wildman–Crippen MR) is 96.5 cm³/mol. The molecule has 0 aromatic heterocycles. The van der Waals surface area contributed by atoms with Crippen molar-refractivity contribution < 1.29 is 23.7 Å². The average Bonchev–Trinajstić information content (AvgIpc) is 3.38. The highest BCUT2D eigenvalue weighted by molar-refractivity contribution is 5.77. The Morgan fingerprint density at radius 1 is 0.962 bits per heavy atom. The van der Waals surface area contributed by atoms with Gasteiger partial charge in [-0.25, -0.2) is 0 Å². The SMILES string of the molecule is COCCOCCOCCOC(=O)C1(C)CC2CC1C1C3C=CC(C3)C21. The molecule has 0 heterocycles. The summed E-state index contributed by atoms with van der Waals surface area (Å²) in [6.07, 6.45) is 8.43. The summed E-state index contributed by atoms with van der Waals surface area (Å²) >= 11 is 0. The zero-order valence-electron chi connectivity index (χ0n) is 16.0. The molecular formula is C21H32O5. The molecule has 5 nitrogen and oxygen atoms in total. The topological polar surface area (TPSA) is 54.0 Å². The lowest BCUT2D eigenvalue weighted by Gasteiger charge is -2.41. The molecule has 0 N–H and O–H groups in total.